The molecule has 100 valence electrons. The first kappa shape index (κ1) is 13.6. The average Bonchev–Trinajstić information content (AvgIpc) is 2.82. The van der Waals surface area contributed by atoms with Crippen LogP contribution >= 0.6 is 15.9 Å². The number of carbonyl (C=O) groups excluding carboxylic acids is 1. The lowest BCUT2D eigenvalue weighted by atomic mass is 9.95. The molecule has 0 unspecified atom stereocenters. The lowest BCUT2D eigenvalue weighted by Gasteiger charge is -2.21. The fourth-order valence-electron chi connectivity index (χ4n) is 2.15. The third kappa shape index (κ3) is 4.14. The van der Waals surface area contributed by atoms with Gasteiger partial charge in [-0.1, -0.05) is 0 Å². The van der Waals surface area contributed by atoms with Gasteiger partial charge in [0.05, 0.1) is 0 Å². The van der Waals surface area contributed by atoms with Crippen LogP contribution in [0.2, 0.25) is 0 Å². The number of nitrogens with one attached hydrogen (secondary N) is 1. The van der Waals surface area contributed by atoms with E-state index in [9.17, 15) is 4.79 Å². The summed E-state index contributed by atoms with van der Waals surface area (Å²) in [6.07, 6.45) is 4.47. The van der Waals surface area contributed by atoms with Gasteiger partial charge in [0.15, 0.2) is 10.4 Å². The van der Waals surface area contributed by atoms with E-state index in [1.807, 2.05) is 0 Å². The largest absolute Gasteiger partial charge is 0.444 e. The molecule has 1 N–H and O–H groups in total. The molecule has 2 heterocycles. The van der Waals surface area contributed by atoms with Gasteiger partial charge in [0.1, 0.15) is 0 Å². The second-order valence-electron chi connectivity index (χ2n) is 4.56. The smallest absolute Gasteiger partial charge is 0.287 e. The summed E-state index contributed by atoms with van der Waals surface area (Å²) in [6.45, 7) is 2.48. The third-order valence-corrected chi connectivity index (χ3v) is 3.64. The fourth-order valence-corrected chi connectivity index (χ4v) is 2.46. The van der Waals surface area contributed by atoms with Crippen LogP contribution in [0, 0.1) is 5.92 Å². The maximum absolute atomic E-state index is 11.7. The monoisotopic (exact) mass is 315 g/mol. The van der Waals surface area contributed by atoms with Gasteiger partial charge in [-0.05, 0) is 59.7 Å². The Labute approximate surface area is 115 Å². The van der Waals surface area contributed by atoms with Gasteiger partial charge in [0.2, 0.25) is 0 Å². The van der Waals surface area contributed by atoms with Gasteiger partial charge in [-0.2, -0.15) is 0 Å². The molecule has 0 radical (unpaired) electrons. The zero-order valence-corrected chi connectivity index (χ0v) is 11.9. The summed E-state index contributed by atoms with van der Waals surface area (Å²) < 4.78 is 11.1. The summed E-state index contributed by atoms with van der Waals surface area (Å²) in [7, 11) is 0. The molecular formula is C13H18BrNO3. The first-order valence-electron chi connectivity index (χ1n) is 6.37. The van der Waals surface area contributed by atoms with Crippen molar-refractivity contribution in [2.45, 2.75) is 25.7 Å². The summed E-state index contributed by atoms with van der Waals surface area (Å²) in [4.78, 5) is 11.7. The van der Waals surface area contributed by atoms with E-state index in [4.69, 9.17) is 9.15 Å². The molecule has 1 aliphatic rings. The van der Waals surface area contributed by atoms with Crippen LogP contribution < -0.4 is 5.32 Å². The molecule has 0 aromatic carbocycles. The van der Waals surface area contributed by atoms with E-state index >= 15 is 0 Å². The van der Waals surface area contributed by atoms with Crippen LogP contribution in [0.3, 0.4) is 0 Å². The normalized spacial score (nSPS) is 16.7. The molecule has 4 nitrogen and oxygen atoms in total. The molecule has 2 rings (SSSR count). The van der Waals surface area contributed by atoms with Gasteiger partial charge < -0.3 is 14.5 Å². The molecule has 18 heavy (non-hydrogen) atoms. The highest BCUT2D eigenvalue weighted by atomic mass is 79.9. The lowest BCUT2D eigenvalue weighted by Crippen LogP contribution is -2.25. The lowest BCUT2D eigenvalue weighted by molar-refractivity contribution is 0.0631. The minimum absolute atomic E-state index is 0.146. The molecule has 0 aliphatic carbocycles. The predicted octanol–water partition coefficient (Wildman–Crippen LogP) is 2.98. The second-order valence-corrected chi connectivity index (χ2v) is 5.34. The van der Waals surface area contributed by atoms with E-state index < -0.39 is 0 Å². The fraction of sp³-hybridized carbons (Fsp3) is 0.615. The third-order valence-electron chi connectivity index (χ3n) is 3.21. The van der Waals surface area contributed by atoms with Crippen molar-refractivity contribution < 1.29 is 13.9 Å². The molecule has 1 aliphatic heterocycles. The Balaban J connectivity index is 1.61. The minimum Gasteiger partial charge on any atom is -0.444 e. The van der Waals surface area contributed by atoms with E-state index in [2.05, 4.69) is 21.2 Å². The molecular weight excluding hydrogens is 298 g/mol. The summed E-state index contributed by atoms with van der Waals surface area (Å²) in [6, 6.07) is 3.38. The molecule has 1 saturated heterocycles. The molecule has 5 heteroatoms. The number of ether oxygens (including phenoxy) is 1. The SMILES string of the molecule is O=C(NCCCC1CCOCC1)c1ccc(Br)o1. The highest BCUT2D eigenvalue weighted by Crippen LogP contribution is 2.19. The second kappa shape index (κ2) is 6.95. The van der Waals surface area contributed by atoms with Gasteiger partial charge in [-0.25, -0.2) is 0 Å². The Bertz CT molecular complexity index is 385. The van der Waals surface area contributed by atoms with Gasteiger partial charge in [0, 0.05) is 19.8 Å². The maximum Gasteiger partial charge on any atom is 0.287 e. The van der Waals surface area contributed by atoms with E-state index in [1.165, 1.54) is 0 Å². The van der Waals surface area contributed by atoms with Gasteiger partial charge in [0.25, 0.3) is 5.91 Å². The van der Waals surface area contributed by atoms with Gasteiger partial charge in [-0.3, -0.25) is 4.79 Å². The van der Waals surface area contributed by atoms with Crippen molar-refractivity contribution in [1.29, 1.82) is 0 Å². The van der Waals surface area contributed by atoms with E-state index in [0.29, 0.717) is 17.0 Å². The van der Waals surface area contributed by atoms with Gasteiger partial charge in [-0.15, -0.1) is 0 Å². The number of hydrogen-bond acceptors (Lipinski definition) is 3. The van der Waals surface area contributed by atoms with E-state index in [-0.39, 0.29) is 5.91 Å². The highest BCUT2D eigenvalue weighted by Gasteiger charge is 2.14. The molecule has 1 aromatic heterocycles. The number of amides is 1. The highest BCUT2D eigenvalue weighted by molar-refractivity contribution is 9.10. The molecule has 0 bridgehead atoms. The van der Waals surface area contributed by atoms with Crippen LogP contribution in [0.25, 0.3) is 0 Å². The van der Waals surface area contributed by atoms with Crippen LogP contribution in [0.15, 0.2) is 21.2 Å². The molecule has 0 spiro atoms. The summed E-state index contributed by atoms with van der Waals surface area (Å²) >= 11 is 3.18. The Morgan fingerprint density at radius 1 is 1.39 bits per heavy atom. The van der Waals surface area contributed by atoms with Crippen LogP contribution in [-0.4, -0.2) is 25.7 Å². The number of rotatable bonds is 5. The summed E-state index contributed by atoms with van der Waals surface area (Å²) in [5.74, 6) is 0.967. The molecule has 1 aromatic rings. The van der Waals surface area contributed by atoms with Crippen LogP contribution in [-0.2, 0) is 4.74 Å². The Hall–Kier alpha value is -0.810. The minimum atomic E-state index is -0.146. The molecule has 1 amide bonds. The van der Waals surface area contributed by atoms with E-state index in [0.717, 1.165) is 44.8 Å². The Morgan fingerprint density at radius 3 is 2.83 bits per heavy atom. The maximum atomic E-state index is 11.7. The standard InChI is InChI=1S/C13H18BrNO3/c14-12-4-3-11(18-12)13(16)15-7-1-2-10-5-8-17-9-6-10/h3-4,10H,1-2,5-9H2,(H,15,16). The van der Waals surface area contributed by atoms with Crippen molar-refractivity contribution in [2.75, 3.05) is 19.8 Å². The van der Waals surface area contributed by atoms with Crippen LogP contribution in [0.1, 0.15) is 36.2 Å². The number of carbonyl (C=O) groups is 1. The predicted molar refractivity (Wildman–Crippen MR) is 71.5 cm³/mol. The topological polar surface area (TPSA) is 51.5 Å². The van der Waals surface area contributed by atoms with Crippen LogP contribution in [0.5, 0.6) is 0 Å². The van der Waals surface area contributed by atoms with Gasteiger partial charge >= 0.3 is 0 Å². The molecule has 0 atom stereocenters. The first-order chi connectivity index (χ1) is 8.75. The zero-order chi connectivity index (χ0) is 12.8. The number of halogens is 1. The molecule has 1 fully saturated rings. The van der Waals surface area contributed by atoms with Crippen molar-refractivity contribution in [3.63, 3.8) is 0 Å². The Morgan fingerprint density at radius 2 is 2.17 bits per heavy atom. The Kier molecular flexibility index (Phi) is 5.26. The zero-order valence-electron chi connectivity index (χ0n) is 10.3. The first-order valence-corrected chi connectivity index (χ1v) is 7.16. The van der Waals surface area contributed by atoms with Crippen molar-refractivity contribution >= 4 is 21.8 Å². The van der Waals surface area contributed by atoms with Crippen molar-refractivity contribution in [3.05, 3.63) is 22.6 Å². The van der Waals surface area contributed by atoms with Crippen LogP contribution in [0.4, 0.5) is 0 Å². The quantitative estimate of drug-likeness (QED) is 0.850. The average molecular weight is 316 g/mol. The number of hydrogen-bond donors (Lipinski definition) is 1. The van der Waals surface area contributed by atoms with Crippen molar-refractivity contribution in [2.24, 2.45) is 5.92 Å². The number of furan rings is 1. The van der Waals surface area contributed by atoms with E-state index in [1.54, 1.807) is 12.1 Å². The summed E-state index contributed by atoms with van der Waals surface area (Å²) in [5, 5.41) is 2.87. The van der Waals surface area contributed by atoms with Crippen molar-refractivity contribution in [1.82, 2.24) is 5.32 Å². The molecule has 0 saturated carbocycles. The summed E-state index contributed by atoms with van der Waals surface area (Å²) in [5.41, 5.74) is 0. The van der Waals surface area contributed by atoms with Crippen molar-refractivity contribution in [3.8, 4) is 0 Å².